The van der Waals surface area contributed by atoms with E-state index in [9.17, 15) is 40.5 Å². The topological polar surface area (TPSA) is 397 Å². The fourth-order valence-corrected chi connectivity index (χ4v) is 13.4. The molecule has 7 aromatic carbocycles. The number of aromatic hydroxyl groups is 6. The maximum Gasteiger partial charge on any atom is 0.249 e. The Kier molecular flexibility index (Phi) is 20.2. The van der Waals surface area contributed by atoms with Gasteiger partial charge in [-0.15, -0.1) is 0 Å². The van der Waals surface area contributed by atoms with Gasteiger partial charge >= 0.3 is 0 Å². The van der Waals surface area contributed by atoms with E-state index in [0.29, 0.717) is 31.2 Å². The van der Waals surface area contributed by atoms with E-state index < -0.39 is 136 Å². The molecule has 7 aromatic rings. The molecule has 0 spiro atoms. The number of hydrogen-bond acceptors (Lipinski definition) is 20. The van der Waals surface area contributed by atoms with Crippen molar-refractivity contribution in [3.63, 3.8) is 0 Å². The second-order valence-corrected chi connectivity index (χ2v) is 26.3. The van der Waals surface area contributed by atoms with E-state index in [1.54, 1.807) is 4.90 Å². The summed E-state index contributed by atoms with van der Waals surface area (Å²) in [5.74, 6) is -13.0. The molecule has 17 bridgehead atoms. The van der Waals surface area contributed by atoms with Gasteiger partial charge in [-0.25, -0.2) is 0 Å². The molecule has 0 radical (unpaired) electrons. The number of rotatable bonds is 5. The molecule has 14 rings (SSSR count). The zero-order valence-corrected chi connectivity index (χ0v) is 55.5. The Labute approximate surface area is 582 Å². The number of fused-ring (bicyclic) bond motifs is 14. The molecule has 1 fully saturated rings. The quantitative estimate of drug-likeness (QED) is 0.0867. The first-order chi connectivity index (χ1) is 47.8. The third kappa shape index (κ3) is 14.9. The van der Waals surface area contributed by atoms with Crippen LogP contribution < -0.4 is 51.8 Å². The number of phenols is 6. The number of nitrogens with zero attached hydrogens (tertiary/aromatic N) is 3. The maximum absolute atomic E-state index is 16.0. The molecule has 522 valence electrons. The van der Waals surface area contributed by atoms with Crippen LogP contribution >= 0.6 is 23.2 Å². The summed E-state index contributed by atoms with van der Waals surface area (Å²) < 4.78 is 18.7. The SMILES string of the molecule is CN(C)CCCN1CCCCN(C(=O)[C@H]2NC(=O)[C@H]3NC(=O)[C@H](NC(=O)[C@@H]4NC(=O)[C@H]5NC(=O)[C@@H](Cc6ccc(c(Cl)c6)Oc6cc4cc(c6O)Oc4ccc(cc4Cl)[C@H]3O)NC(=O)[C@H](N)c3ccc(O)c(c3)Oc3cc(O)cc5c3)c3ccc(O)c(c3)-c3c(O)cc(O)cc32)CCCC1. The molecule has 8 atom stereocenters. The molecule has 0 aliphatic carbocycles. The molecule has 15 N–H and O–H groups in total. The largest absolute Gasteiger partial charge is 0.508 e. The van der Waals surface area contributed by atoms with Crippen LogP contribution in [0.2, 0.25) is 10.0 Å². The lowest BCUT2D eigenvalue weighted by Crippen LogP contribution is -2.56. The third-order valence-electron chi connectivity index (χ3n) is 18.1. The van der Waals surface area contributed by atoms with Gasteiger partial charge in [-0.05, 0) is 190 Å². The van der Waals surface area contributed by atoms with Gasteiger partial charge in [0.1, 0.15) is 88.6 Å². The van der Waals surface area contributed by atoms with E-state index in [0.717, 1.165) is 75.1 Å². The molecule has 0 aromatic heterocycles. The van der Waals surface area contributed by atoms with E-state index in [4.69, 9.17) is 43.1 Å². The van der Waals surface area contributed by atoms with Crippen molar-refractivity contribution in [2.24, 2.45) is 5.73 Å². The Bertz CT molecular complexity index is 4410. The van der Waals surface area contributed by atoms with Crippen LogP contribution in [0, 0.1) is 0 Å². The molecule has 0 unspecified atom stereocenters. The van der Waals surface area contributed by atoms with E-state index >= 15 is 28.8 Å². The van der Waals surface area contributed by atoms with Gasteiger partial charge in [0.05, 0.1) is 10.0 Å². The van der Waals surface area contributed by atoms with E-state index in [1.165, 1.54) is 72.8 Å². The van der Waals surface area contributed by atoms with Gasteiger partial charge in [0, 0.05) is 42.8 Å². The Balaban J connectivity index is 1.02. The average Bonchev–Trinajstić information content (AvgIpc) is 0.767. The Hall–Kier alpha value is -10.6. The minimum absolute atomic E-state index is 0.113. The molecular weight excluding hydrogens is 1340 g/mol. The highest BCUT2D eigenvalue weighted by Crippen LogP contribution is 2.48. The predicted octanol–water partition coefficient (Wildman–Crippen LogP) is 6.56. The van der Waals surface area contributed by atoms with Crippen molar-refractivity contribution in [2.45, 2.75) is 86.9 Å². The van der Waals surface area contributed by atoms with Crippen molar-refractivity contribution in [2.75, 3.05) is 53.4 Å². The summed E-state index contributed by atoms with van der Waals surface area (Å²) in [6, 6.07) is 9.87. The van der Waals surface area contributed by atoms with Gasteiger partial charge in [-0.1, -0.05) is 47.5 Å². The number of phenolic OH excluding ortho intramolecular Hbond substituents is 6. The van der Waals surface area contributed by atoms with Crippen molar-refractivity contribution in [1.82, 2.24) is 46.6 Å². The minimum atomic E-state index is -2.15. The average molecular weight is 1410 g/mol. The molecule has 0 saturated carbocycles. The molecule has 29 heteroatoms. The fraction of sp³-hybridized carbons (Fsp3) is 0.310. The zero-order valence-electron chi connectivity index (χ0n) is 54.0. The van der Waals surface area contributed by atoms with Gasteiger partial charge in [0.15, 0.2) is 23.0 Å². The molecule has 100 heavy (non-hydrogen) atoms. The number of nitrogens with one attached hydrogen (secondary N) is 6. The van der Waals surface area contributed by atoms with Gasteiger partial charge in [0.2, 0.25) is 47.1 Å². The van der Waals surface area contributed by atoms with E-state index in [2.05, 4.69) is 41.7 Å². The lowest BCUT2D eigenvalue weighted by molar-refractivity contribution is -0.139. The van der Waals surface area contributed by atoms with Crippen LogP contribution in [0.1, 0.15) is 107 Å². The van der Waals surface area contributed by atoms with Gasteiger partial charge in [-0.2, -0.15) is 0 Å². The molecule has 7 amide bonds. The van der Waals surface area contributed by atoms with Crippen molar-refractivity contribution in [1.29, 1.82) is 0 Å². The standard InChI is InChI=1S/C71H72Cl2N10O17/c1-81(2)16-7-19-82-17-3-5-20-83(21-6-4-18-82)71(97)61-44-32-41(85)33-50(88)56(44)43-26-36(10-12-48(43)86)58-67(93)80-62(70(96)79-61)63(89)37-11-15-52(46(73)27-37)100-55-30-39-29-54(64(55)90)99-51-14-8-34(22-45(51)72)23-47-65(91)76-59(68(94)78-60(39)69(95)77-58)38-24-40(84)31-42(25-38)98-53-28-35(9-13-49(53)87)57(74)66(92)75-47/h8-15,22,24-33,47,57-63,84-90H,3-7,16-21,23,74H2,1-2H3,(H,75,92)(H,76,91)(H,77,95)(H,78,94)(H,79,96)(H,80,93)/t47-,57-,58-,59+,60-,61+,62+,63-/m1/s1. The highest BCUT2D eigenvalue weighted by atomic mass is 35.5. The van der Waals surface area contributed by atoms with Crippen molar-refractivity contribution < 1.29 is 83.5 Å². The van der Waals surface area contributed by atoms with Crippen LogP contribution in [0.15, 0.2) is 115 Å². The van der Waals surface area contributed by atoms with Crippen molar-refractivity contribution >= 4 is 64.6 Å². The fourth-order valence-electron chi connectivity index (χ4n) is 13.0. The molecule has 1 saturated heterocycles. The smallest absolute Gasteiger partial charge is 0.249 e. The summed E-state index contributed by atoms with van der Waals surface area (Å²) >= 11 is 13.9. The number of benzene rings is 7. The van der Waals surface area contributed by atoms with Crippen molar-refractivity contribution in [3.8, 4) is 80.1 Å². The first kappa shape index (κ1) is 69.4. The van der Waals surface area contributed by atoms with Gasteiger partial charge in [-0.3, -0.25) is 33.6 Å². The summed E-state index contributed by atoms with van der Waals surface area (Å²) in [7, 11) is 4.04. The Morgan fingerprint density at radius 1 is 0.540 bits per heavy atom. The summed E-state index contributed by atoms with van der Waals surface area (Å²) in [6.45, 7) is 3.77. The molecule has 7 aliphatic rings. The second kappa shape index (κ2) is 29.1. The second-order valence-electron chi connectivity index (χ2n) is 25.5. The van der Waals surface area contributed by atoms with Crippen LogP contribution in [0.25, 0.3) is 11.1 Å². The summed E-state index contributed by atoms with van der Waals surface area (Å²) in [6.07, 6.45) is 1.07. The number of halogens is 2. The number of amides is 7. The number of carbonyl (C=O) groups is 7. The normalized spacial score (nSPS) is 22.2. The summed E-state index contributed by atoms with van der Waals surface area (Å²) in [4.78, 5) is 114. The molecule has 7 heterocycles. The Morgan fingerprint density at radius 3 is 1.79 bits per heavy atom. The number of carbonyl (C=O) groups excluding carboxylic acids is 7. The number of ether oxygens (including phenoxy) is 3. The van der Waals surface area contributed by atoms with E-state index in [-0.39, 0.29) is 97.1 Å². The van der Waals surface area contributed by atoms with Gasteiger partial charge in [0.25, 0.3) is 0 Å². The third-order valence-corrected chi connectivity index (χ3v) is 18.7. The van der Waals surface area contributed by atoms with Crippen LogP contribution in [0.3, 0.4) is 0 Å². The highest BCUT2D eigenvalue weighted by molar-refractivity contribution is 6.32. The number of hydrogen-bond donors (Lipinski definition) is 14. The highest BCUT2D eigenvalue weighted by Gasteiger charge is 2.42. The summed E-state index contributed by atoms with van der Waals surface area (Å²) in [5, 5.41) is 98.0. The minimum Gasteiger partial charge on any atom is -0.508 e. The van der Waals surface area contributed by atoms with Crippen LogP contribution in [0.4, 0.5) is 0 Å². The molecule has 27 nitrogen and oxygen atoms in total. The lowest BCUT2D eigenvalue weighted by atomic mass is 9.89. The first-order valence-electron chi connectivity index (χ1n) is 32.3. The van der Waals surface area contributed by atoms with E-state index in [1.807, 2.05) is 14.1 Å². The molecule has 7 aliphatic heterocycles. The predicted molar refractivity (Wildman–Crippen MR) is 362 cm³/mol. The van der Waals surface area contributed by atoms with Crippen LogP contribution in [0.5, 0.6) is 69.0 Å². The maximum atomic E-state index is 16.0. The van der Waals surface area contributed by atoms with Crippen LogP contribution in [-0.2, 0) is 40.0 Å². The number of aliphatic hydroxyl groups excluding tert-OH is 1. The lowest BCUT2D eigenvalue weighted by Gasteiger charge is -2.34. The number of aliphatic hydroxyl groups is 1. The zero-order chi connectivity index (χ0) is 71.0. The number of nitrogens with two attached hydrogens (primary N) is 1. The van der Waals surface area contributed by atoms with Crippen LogP contribution in [-0.4, -0.2) is 157 Å². The molecular formula is C71H72Cl2N10O17. The Morgan fingerprint density at radius 2 is 1.12 bits per heavy atom. The van der Waals surface area contributed by atoms with Crippen molar-refractivity contribution in [3.05, 3.63) is 164 Å². The monoisotopic (exact) mass is 1410 g/mol. The summed E-state index contributed by atoms with van der Waals surface area (Å²) in [5.41, 5.74) is 5.27. The van der Waals surface area contributed by atoms with Gasteiger partial charge < -0.3 is 102 Å². The first-order valence-corrected chi connectivity index (χ1v) is 33.1.